The van der Waals surface area contributed by atoms with Crippen LogP contribution in [0.2, 0.25) is 0 Å². The van der Waals surface area contributed by atoms with Crippen molar-refractivity contribution < 1.29 is 14.5 Å². The van der Waals surface area contributed by atoms with E-state index in [1.807, 2.05) is 6.08 Å². The molecule has 21 heavy (non-hydrogen) atoms. The van der Waals surface area contributed by atoms with Crippen molar-refractivity contribution >= 4 is 27.4 Å². The standard InChI is InChI=1S/C15H18BrNO4/c1-3-4-5-6-7-8-21-15-13(11(2)18)9-12(16)10-14(15)17(19)20/h3,9-10H,1,4-8H2,2H3. The van der Waals surface area contributed by atoms with Gasteiger partial charge in [0.15, 0.2) is 5.78 Å². The summed E-state index contributed by atoms with van der Waals surface area (Å²) in [5.74, 6) is -0.208. The van der Waals surface area contributed by atoms with E-state index in [9.17, 15) is 14.9 Å². The molecule has 0 radical (unpaired) electrons. The lowest BCUT2D eigenvalue weighted by Gasteiger charge is -2.10. The van der Waals surface area contributed by atoms with E-state index in [0.717, 1.165) is 25.7 Å². The molecule has 0 heterocycles. The van der Waals surface area contributed by atoms with Gasteiger partial charge in [-0.3, -0.25) is 14.9 Å². The predicted molar refractivity (Wildman–Crippen MR) is 85.0 cm³/mol. The number of unbranched alkanes of at least 4 members (excludes halogenated alkanes) is 3. The Morgan fingerprint density at radius 1 is 1.43 bits per heavy atom. The van der Waals surface area contributed by atoms with E-state index < -0.39 is 4.92 Å². The molecular formula is C15H18BrNO4. The molecule has 0 bridgehead atoms. The maximum atomic E-state index is 11.6. The highest BCUT2D eigenvalue weighted by Gasteiger charge is 2.23. The van der Waals surface area contributed by atoms with E-state index in [0.29, 0.717) is 11.1 Å². The first-order chi connectivity index (χ1) is 9.97. The number of hydrogen-bond acceptors (Lipinski definition) is 4. The molecule has 114 valence electrons. The molecule has 0 spiro atoms. The Balaban J connectivity index is 2.85. The molecular weight excluding hydrogens is 338 g/mol. The minimum Gasteiger partial charge on any atom is -0.486 e. The first-order valence-corrected chi connectivity index (χ1v) is 7.49. The minimum absolute atomic E-state index is 0.0550. The molecule has 0 unspecified atom stereocenters. The van der Waals surface area contributed by atoms with Gasteiger partial charge in [-0.15, -0.1) is 6.58 Å². The smallest absolute Gasteiger partial charge is 0.312 e. The zero-order valence-corrected chi connectivity index (χ0v) is 13.5. The molecule has 1 rings (SSSR count). The van der Waals surface area contributed by atoms with Crippen LogP contribution in [0.15, 0.2) is 29.3 Å². The number of carbonyl (C=O) groups excluding carboxylic acids is 1. The maximum Gasteiger partial charge on any atom is 0.312 e. The van der Waals surface area contributed by atoms with Gasteiger partial charge in [-0.05, 0) is 38.7 Å². The fourth-order valence-electron chi connectivity index (χ4n) is 1.87. The lowest BCUT2D eigenvalue weighted by Crippen LogP contribution is -2.06. The Morgan fingerprint density at radius 2 is 2.14 bits per heavy atom. The van der Waals surface area contributed by atoms with Crippen LogP contribution in [0.25, 0.3) is 0 Å². The van der Waals surface area contributed by atoms with Gasteiger partial charge < -0.3 is 4.74 Å². The normalized spacial score (nSPS) is 10.2. The predicted octanol–water partition coefficient (Wildman–Crippen LogP) is 4.69. The summed E-state index contributed by atoms with van der Waals surface area (Å²) in [6, 6.07) is 2.89. The third-order valence-corrected chi connectivity index (χ3v) is 3.37. The van der Waals surface area contributed by atoms with Crippen LogP contribution in [-0.4, -0.2) is 17.3 Å². The number of Topliss-reactive ketones (excluding diaryl/α,β-unsaturated/α-hetero) is 1. The monoisotopic (exact) mass is 355 g/mol. The van der Waals surface area contributed by atoms with Gasteiger partial charge >= 0.3 is 5.69 Å². The molecule has 0 saturated heterocycles. The quantitative estimate of drug-likeness (QED) is 0.212. The van der Waals surface area contributed by atoms with Crippen LogP contribution in [0.1, 0.15) is 43.0 Å². The molecule has 1 aromatic rings. The van der Waals surface area contributed by atoms with Crippen LogP contribution >= 0.6 is 15.9 Å². The number of rotatable bonds is 9. The van der Waals surface area contributed by atoms with Crippen LogP contribution in [0.5, 0.6) is 5.75 Å². The van der Waals surface area contributed by atoms with Gasteiger partial charge in [0.05, 0.1) is 17.1 Å². The fourth-order valence-corrected chi connectivity index (χ4v) is 2.32. The summed E-state index contributed by atoms with van der Waals surface area (Å²) in [4.78, 5) is 22.2. The SMILES string of the molecule is C=CCCCCCOc1c(C(C)=O)cc(Br)cc1[N+](=O)[O-]. The number of ketones is 1. The average Bonchev–Trinajstić information content (AvgIpc) is 2.42. The summed E-state index contributed by atoms with van der Waals surface area (Å²) in [5, 5.41) is 11.1. The van der Waals surface area contributed by atoms with E-state index in [2.05, 4.69) is 22.5 Å². The number of carbonyl (C=O) groups is 1. The highest BCUT2D eigenvalue weighted by molar-refractivity contribution is 9.10. The Labute approximate surface area is 132 Å². The highest BCUT2D eigenvalue weighted by Crippen LogP contribution is 2.35. The van der Waals surface area contributed by atoms with Gasteiger partial charge in [0.2, 0.25) is 5.75 Å². The molecule has 0 fully saturated rings. The second-order valence-electron chi connectivity index (χ2n) is 4.60. The summed E-state index contributed by atoms with van der Waals surface area (Å²) >= 11 is 3.17. The van der Waals surface area contributed by atoms with Crippen LogP contribution in [0.4, 0.5) is 5.69 Å². The zero-order valence-electron chi connectivity index (χ0n) is 11.9. The molecule has 0 aromatic heterocycles. The number of nitro benzene ring substituents is 1. The molecule has 0 aliphatic carbocycles. The molecule has 1 aromatic carbocycles. The fraction of sp³-hybridized carbons (Fsp3) is 0.400. The minimum atomic E-state index is -0.537. The average molecular weight is 356 g/mol. The molecule has 5 nitrogen and oxygen atoms in total. The Hall–Kier alpha value is -1.69. The van der Waals surface area contributed by atoms with Crippen molar-refractivity contribution in [3.05, 3.63) is 44.9 Å². The number of nitro groups is 1. The second kappa shape index (κ2) is 8.56. The molecule has 0 aliphatic heterocycles. The summed E-state index contributed by atoms with van der Waals surface area (Å²) in [5.41, 5.74) is 0.0304. The summed E-state index contributed by atoms with van der Waals surface area (Å²) in [6.45, 7) is 5.36. The zero-order chi connectivity index (χ0) is 15.8. The van der Waals surface area contributed by atoms with Crippen LogP contribution < -0.4 is 4.74 Å². The molecule has 0 saturated carbocycles. The third kappa shape index (κ3) is 5.30. The topological polar surface area (TPSA) is 69.4 Å². The van der Waals surface area contributed by atoms with Crippen molar-refractivity contribution in [3.8, 4) is 5.75 Å². The van der Waals surface area contributed by atoms with Crippen molar-refractivity contribution in [1.82, 2.24) is 0 Å². The summed E-state index contributed by atoms with van der Waals surface area (Å²) < 4.78 is 6.00. The van der Waals surface area contributed by atoms with Gasteiger partial charge in [0, 0.05) is 10.5 Å². The molecule has 0 N–H and O–H groups in total. The first kappa shape index (κ1) is 17.4. The van der Waals surface area contributed by atoms with Gasteiger partial charge in [-0.1, -0.05) is 22.0 Å². The molecule has 6 heteroatoms. The van der Waals surface area contributed by atoms with Crippen molar-refractivity contribution in [2.45, 2.75) is 32.6 Å². The number of halogens is 1. The van der Waals surface area contributed by atoms with Gasteiger partial charge in [0.1, 0.15) is 0 Å². The van der Waals surface area contributed by atoms with Crippen molar-refractivity contribution in [3.63, 3.8) is 0 Å². The van der Waals surface area contributed by atoms with E-state index in [4.69, 9.17) is 4.74 Å². The molecule has 0 atom stereocenters. The van der Waals surface area contributed by atoms with Crippen LogP contribution in [0, 0.1) is 10.1 Å². The second-order valence-corrected chi connectivity index (χ2v) is 5.52. The highest BCUT2D eigenvalue weighted by atomic mass is 79.9. The Kier molecular flexibility index (Phi) is 7.08. The van der Waals surface area contributed by atoms with E-state index in [1.165, 1.54) is 13.0 Å². The molecule has 0 amide bonds. The van der Waals surface area contributed by atoms with Crippen molar-refractivity contribution in [2.75, 3.05) is 6.61 Å². The van der Waals surface area contributed by atoms with Gasteiger partial charge in [-0.25, -0.2) is 0 Å². The maximum absolute atomic E-state index is 11.6. The number of nitrogens with zero attached hydrogens (tertiary/aromatic N) is 1. The number of allylic oxidation sites excluding steroid dienone is 1. The largest absolute Gasteiger partial charge is 0.486 e. The lowest BCUT2D eigenvalue weighted by molar-refractivity contribution is -0.386. The first-order valence-electron chi connectivity index (χ1n) is 6.70. The van der Waals surface area contributed by atoms with E-state index in [1.54, 1.807) is 6.07 Å². The van der Waals surface area contributed by atoms with Crippen molar-refractivity contribution in [1.29, 1.82) is 0 Å². The summed E-state index contributed by atoms with van der Waals surface area (Å²) in [7, 11) is 0. The lowest BCUT2D eigenvalue weighted by atomic mass is 10.1. The summed E-state index contributed by atoms with van der Waals surface area (Å²) in [6.07, 6.45) is 5.53. The number of ether oxygens (including phenoxy) is 1. The Bertz CT molecular complexity index is 507. The van der Waals surface area contributed by atoms with E-state index >= 15 is 0 Å². The van der Waals surface area contributed by atoms with Gasteiger partial charge in [0.25, 0.3) is 0 Å². The number of hydrogen-bond donors (Lipinski definition) is 0. The van der Waals surface area contributed by atoms with Gasteiger partial charge in [-0.2, -0.15) is 0 Å². The Morgan fingerprint density at radius 3 is 2.71 bits per heavy atom. The van der Waals surface area contributed by atoms with Crippen LogP contribution in [-0.2, 0) is 0 Å². The molecule has 0 aliphatic rings. The van der Waals surface area contributed by atoms with Crippen LogP contribution in [0.3, 0.4) is 0 Å². The number of benzene rings is 1. The third-order valence-electron chi connectivity index (χ3n) is 2.91. The van der Waals surface area contributed by atoms with E-state index in [-0.39, 0.29) is 22.8 Å². The van der Waals surface area contributed by atoms with Crippen molar-refractivity contribution in [2.24, 2.45) is 0 Å².